The van der Waals surface area contributed by atoms with E-state index in [9.17, 15) is 4.39 Å². The SMILES string of the molecule is Cc1nc(CO)cc(Nc2ncc(F)c3[nH]ncc23)n1. The van der Waals surface area contributed by atoms with Crippen molar-refractivity contribution in [2.24, 2.45) is 0 Å². The summed E-state index contributed by atoms with van der Waals surface area (Å²) in [6.07, 6.45) is 2.58. The number of nitrogens with zero attached hydrogens (tertiary/aromatic N) is 4. The summed E-state index contributed by atoms with van der Waals surface area (Å²) >= 11 is 0. The number of aliphatic hydroxyl groups excluding tert-OH is 1. The Hall–Kier alpha value is -2.61. The third-order valence-corrected chi connectivity index (χ3v) is 2.74. The summed E-state index contributed by atoms with van der Waals surface area (Å²) in [5.41, 5.74) is 0.765. The van der Waals surface area contributed by atoms with Gasteiger partial charge in [0, 0.05) is 6.07 Å². The molecule has 0 amide bonds. The Morgan fingerprint density at radius 3 is 3.00 bits per heavy atom. The van der Waals surface area contributed by atoms with Crippen molar-refractivity contribution in [3.8, 4) is 0 Å². The van der Waals surface area contributed by atoms with Crippen LogP contribution in [0.3, 0.4) is 0 Å². The minimum absolute atomic E-state index is 0.185. The number of aromatic amines is 1. The van der Waals surface area contributed by atoms with Crippen LogP contribution in [-0.2, 0) is 6.61 Å². The maximum Gasteiger partial charge on any atom is 0.167 e. The van der Waals surface area contributed by atoms with Crippen molar-refractivity contribution in [2.45, 2.75) is 13.5 Å². The van der Waals surface area contributed by atoms with E-state index in [0.29, 0.717) is 28.5 Å². The van der Waals surface area contributed by atoms with Gasteiger partial charge in [-0.15, -0.1) is 0 Å². The van der Waals surface area contributed by atoms with Gasteiger partial charge in [-0.05, 0) is 6.92 Å². The van der Waals surface area contributed by atoms with Crippen LogP contribution in [0.25, 0.3) is 10.9 Å². The van der Waals surface area contributed by atoms with Gasteiger partial charge in [0.1, 0.15) is 23.0 Å². The summed E-state index contributed by atoms with van der Waals surface area (Å²) in [7, 11) is 0. The average molecular weight is 274 g/mol. The summed E-state index contributed by atoms with van der Waals surface area (Å²) in [6, 6.07) is 1.60. The normalized spacial score (nSPS) is 10.9. The molecule has 0 unspecified atom stereocenters. The van der Waals surface area contributed by atoms with Crippen molar-refractivity contribution in [3.05, 3.63) is 35.8 Å². The fraction of sp³-hybridized carbons (Fsp3) is 0.167. The van der Waals surface area contributed by atoms with Crippen molar-refractivity contribution in [1.29, 1.82) is 0 Å². The summed E-state index contributed by atoms with van der Waals surface area (Å²) < 4.78 is 13.5. The first kappa shape index (κ1) is 12.4. The number of rotatable bonds is 3. The van der Waals surface area contributed by atoms with Gasteiger partial charge in [-0.2, -0.15) is 5.10 Å². The minimum Gasteiger partial charge on any atom is -0.390 e. The number of aliphatic hydroxyl groups is 1. The third kappa shape index (κ3) is 2.16. The Labute approximate surface area is 112 Å². The maximum atomic E-state index is 13.5. The van der Waals surface area contributed by atoms with Gasteiger partial charge in [0.25, 0.3) is 0 Å². The number of anilines is 2. The van der Waals surface area contributed by atoms with Crippen LogP contribution in [0.2, 0.25) is 0 Å². The number of H-pyrrole nitrogens is 1. The standard InChI is InChI=1S/C12H11FN6O/c1-6-16-7(5-20)2-10(17-6)18-12-8-3-15-19-11(8)9(13)4-14-12/h2-4,20H,5H2,1H3,(H,15,19)(H,14,16,17,18). The van der Waals surface area contributed by atoms with Gasteiger partial charge in [0.15, 0.2) is 5.82 Å². The molecule has 3 aromatic heterocycles. The zero-order valence-corrected chi connectivity index (χ0v) is 10.6. The number of pyridine rings is 1. The fourth-order valence-corrected chi connectivity index (χ4v) is 1.90. The van der Waals surface area contributed by atoms with Crippen LogP contribution < -0.4 is 5.32 Å². The van der Waals surface area contributed by atoms with Crippen molar-refractivity contribution in [3.63, 3.8) is 0 Å². The Balaban J connectivity index is 2.03. The Bertz CT molecular complexity index is 772. The average Bonchev–Trinajstić information content (AvgIpc) is 2.92. The molecule has 20 heavy (non-hydrogen) atoms. The second kappa shape index (κ2) is 4.82. The summed E-state index contributed by atoms with van der Waals surface area (Å²) in [6.45, 7) is 1.53. The molecule has 0 atom stereocenters. The van der Waals surface area contributed by atoms with E-state index in [2.05, 4.69) is 30.5 Å². The monoisotopic (exact) mass is 274 g/mol. The highest BCUT2D eigenvalue weighted by Crippen LogP contribution is 2.23. The lowest BCUT2D eigenvalue weighted by Crippen LogP contribution is -2.02. The largest absolute Gasteiger partial charge is 0.390 e. The van der Waals surface area contributed by atoms with Crippen LogP contribution >= 0.6 is 0 Å². The molecule has 7 nitrogen and oxygen atoms in total. The molecule has 0 aromatic carbocycles. The van der Waals surface area contributed by atoms with E-state index in [-0.39, 0.29) is 12.1 Å². The highest BCUT2D eigenvalue weighted by molar-refractivity contribution is 5.90. The number of nitrogens with one attached hydrogen (secondary N) is 2. The lowest BCUT2D eigenvalue weighted by atomic mass is 10.3. The number of hydrogen-bond acceptors (Lipinski definition) is 6. The van der Waals surface area contributed by atoms with E-state index in [0.717, 1.165) is 6.20 Å². The minimum atomic E-state index is -0.474. The highest BCUT2D eigenvalue weighted by atomic mass is 19.1. The lowest BCUT2D eigenvalue weighted by Gasteiger charge is -2.08. The van der Waals surface area contributed by atoms with Gasteiger partial charge in [-0.1, -0.05) is 0 Å². The van der Waals surface area contributed by atoms with E-state index in [1.165, 1.54) is 6.20 Å². The number of halogens is 1. The van der Waals surface area contributed by atoms with Crippen molar-refractivity contribution < 1.29 is 9.50 Å². The van der Waals surface area contributed by atoms with Crippen molar-refractivity contribution >= 4 is 22.5 Å². The molecule has 3 aromatic rings. The lowest BCUT2D eigenvalue weighted by molar-refractivity contribution is 0.276. The topological polar surface area (TPSA) is 99.6 Å². The van der Waals surface area contributed by atoms with Gasteiger partial charge < -0.3 is 10.4 Å². The van der Waals surface area contributed by atoms with Gasteiger partial charge >= 0.3 is 0 Å². The highest BCUT2D eigenvalue weighted by Gasteiger charge is 2.10. The van der Waals surface area contributed by atoms with Crippen LogP contribution in [-0.4, -0.2) is 30.3 Å². The molecule has 0 aliphatic heterocycles. The van der Waals surface area contributed by atoms with E-state index >= 15 is 0 Å². The fourth-order valence-electron chi connectivity index (χ4n) is 1.90. The molecule has 3 rings (SSSR count). The molecule has 0 aliphatic rings. The van der Waals surface area contributed by atoms with E-state index in [4.69, 9.17) is 5.11 Å². The van der Waals surface area contributed by atoms with Gasteiger partial charge in [-0.25, -0.2) is 19.3 Å². The van der Waals surface area contributed by atoms with Crippen LogP contribution in [0.15, 0.2) is 18.5 Å². The second-order valence-electron chi connectivity index (χ2n) is 4.19. The second-order valence-corrected chi connectivity index (χ2v) is 4.19. The first-order valence-corrected chi connectivity index (χ1v) is 5.87. The van der Waals surface area contributed by atoms with Crippen LogP contribution in [0.4, 0.5) is 16.0 Å². The number of aryl methyl sites for hydroxylation is 1. The number of aromatic nitrogens is 5. The summed E-state index contributed by atoms with van der Waals surface area (Å²) in [4.78, 5) is 12.2. The molecule has 0 radical (unpaired) electrons. The van der Waals surface area contributed by atoms with Gasteiger partial charge in [0.05, 0.1) is 30.1 Å². The van der Waals surface area contributed by atoms with Gasteiger partial charge in [0.2, 0.25) is 0 Å². The number of fused-ring (bicyclic) bond motifs is 1. The quantitative estimate of drug-likeness (QED) is 0.668. The first-order valence-electron chi connectivity index (χ1n) is 5.87. The molecule has 8 heteroatoms. The summed E-state index contributed by atoms with van der Waals surface area (Å²) in [5, 5.41) is 19.0. The molecule has 0 fully saturated rings. The van der Waals surface area contributed by atoms with Crippen LogP contribution in [0.1, 0.15) is 11.5 Å². The third-order valence-electron chi connectivity index (χ3n) is 2.74. The summed E-state index contributed by atoms with van der Waals surface area (Å²) in [5.74, 6) is 0.947. The maximum absolute atomic E-state index is 13.5. The van der Waals surface area contributed by atoms with Crippen molar-refractivity contribution in [1.82, 2.24) is 25.1 Å². The molecule has 0 aliphatic carbocycles. The molecule has 102 valence electrons. The predicted molar refractivity (Wildman–Crippen MR) is 69.8 cm³/mol. The van der Waals surface area contributed by atoms with E-state index in [1.807, 2.05) is 0 Å². The molecular weight excluding hydrogens is 263 g/mol. The van der Waals surface area contributed by atoms with Gasteiger partial charge in [-0.3, -0.25) is 5.10 Å². The number of hydrogen-bond donors (Lipinski definition) is 3. The molecule has 0 spiro atoms. The molecule has 0 saturated heterocycles. The Kier molecular flexibility index (Phi) is 2.99. The predicted octanol–water partition coefficient (Wildman–Crippen LogP) is 1.43. The molecule has 0 bridgehead atoms. The van der Waals surface area contributed by atoms with Crippen LogP contribution in [0.5, 0.6) is 0 Å². The molecule has 0 saturated carbocycles. The zero-order chi connectivity index (χ0) is 14.1. The molecule has 3 N–H and O–H groups in total. The van der Waals surface area contributed by atoms with E-state index < -0.39 is 5.82 Å². The molecule has 3 heterocycles. The first-order chi connectivity index (χ1) is 9.67. The Morgan fingerprint density at radius 1 is 1.35 bits per heavy atom. The molecular formula is C12H11FN6O. The Morgan fingerprint density at radius 2 is 2.20 bits per heavy atom. The smallest absolute Gasteiger partial charge is 0.167 e. The van der Waals surface area contributed by atoms with Crippen LogP contribution in [0, 0.1) is 12.7 Å². The zero-order valence-electron chi connectivity index (χ0n) is 10.6. The van der Waals surface area contributed by atoms with E-state index in [1.54, 1.807) is 13.0 Å². The van der Waals surface area contributed by atoms with Crippen molar-refractivity contribution in [2.75, 3.05) is 5.32 Å².